The molecule has 0 saturated heterocycles. The molecule has 0 atom stereocenters. The number of hydrogen-bond donors (Lipinski definition) is 1. The molecule has 6 heteroatoms. The summed E-state index contributed by atoms with van der Waals surface area (Å²) >= 11 is 7.23. The van der Waals surface area contributed by atoms with Crippen molar-refractivity contribution >= 4 is 28.9 Å². The maximum atomic E-state index is 10.9. The van der Waals surface area contributed by atoms with Crippen LogP contribution in [0.1, 0.15) is 15.4 Å². The molecule has 0 radical (unpaired) electrons. The van der Waals surface area contributed by atoms with Crippen molar-refractivity contribution in [2.45, 2.75) is 6.54 Å². The van der Waals surface area contributed by atoms with Crippen molar-refractivity contribution in [1.82, 2.24) is 9.55 Å². The molecule has 15 heavy (non-hydrogen) atoms. The minimum Gasteiger partial charge on any atom is -0.477 e. The average Bonchev–Trinajstić information content (AvgIpc) is 2.75. The zero-order valence-corrected chi connectivity index (χ0v) is 9.13. The number of rotatable bonds is 3. The molecule has 0 amide bonds. The van der Waals surface area contributed by atoms with Crippen molar-refractivity contribution in [1.29, 1.82) is 0 Å². The number of carboxylic acid groups (broad SMARTS) is 1. The molecule has 2 aromatic rings. The quantitative estimate of drug-likeness (QED) is 0.899. The third-order valence-corrected chi connectivity index (χ3v) is 2.86. The van der Waals surface area contributed by atoms with Gasteiger partial charge in [-0.25, -0.2) is 4.79 Å². The number of carboxylic acids is 1. The van der Waals surface area contributed by atoms with Crippen molar-refractivity contribution in [2.24, 2.45) is 0 Å². The van der Waals surface area contributed by atoms with E-state index in [0.717, 1.165) is 4.88 Å². The van der Waals surface area contributed by atoms with Crippen LogP contribution in [-0.2, 0) is 6.54 Å². The van der Waals surface area contributed by atoms with Crippen molar-refractivity contribution < 1.29 is 9.90 Å². The molecule has 0 unspecified atom stereocenters. The standard InChI is InChI=1S/C9H7ClN2O2S/c10-6-1-8(9(13)14)12(3-6)4-7-2-11-5-15-7/h1-3,5H,4H2,(H,13,14). The van der Waals surface area contributed by atoms with Crippen molar-refractivity contribution in [2.75, 3.05) is 0 Å². The Hall–Kier alpha value is -1.33. The minimum atomic E-state index is -0.980. The van der Waals surface area contributed by atoms with Gasteiger partial charge in [0.15, 0.2) is 0 Å². The van der Waals surface area contributed by atoms with E-state index < -0.39 is 5.97 Å². The predicted octanol–water partition coefficient (Wildman–Crippen LogP) is 2.34. The molecule has 0 spiro atoms. The van der Waals surface area contributed by atoms with Gasteiger partial charge in [-0.3, -0.25) is 4.98 Å². The Bertz CT molecular complexity index is 478. The highest BCUT2D eigenvalue weighted by molar-refractivity contribution is 7.09. The van der Waals surface area contributed by atoms with Gasteiger partial charge >= 0.3 is 5.97 Å². The lowest BCUT2D eigenvalue weighted by molar-refractivity contribution is 0.0686. The van der Waals surface area contributed by atoms with Crippen LogP contribution >= 0.6 is 22.9 Å². The molecule has 2 heterocycles. The summed E-state index contributed by atoms with van der Waals surface area (Å²) in [5, 5.41) is 9.34. The molecular formula is C9H7ClN2O2S. The van der Waals surface area contributed by atoms with Gasteiger partial charge in [-0.15, -0.1) is 11.3 Å². The van der Waals surface area contributed by atoms with Gasteiger partial charge in [-0.05, 0) is 6.07 Å². The summed E-state index contributed by atoms with van der Waals surface area (Å²) < 4.78 is 1.60. The lowest BCUT2D eigenvalue weighted by atomic mass is 10.4. The highest BCUT2D eigenvalue weighted by Gasteiger charge is 2.12. The first-order chi connectivity index (χ1) is 7.16. The zero-order valence-electron chi connectivity index (χ0n) is 7.55. The third-order valence-electron chi connectivity index (χ3n) is 1.89. The highest BCUT2D eigenvalue weighted by atomic mass is 35.5. The van der Waals surface area contributed by atoms with Gasteiger partial charge in [0.1, 0.15) is 5.69 Å². The number of halogens is 1. The van der Waals surface area contributed by atoms with Crippen LogP contribution in [0.25, 0.3) is 0 Å². The normalized spacial score (nSPS) is 10.5. The summed E-state index contributed by atoms with van der Waals surface area (Å²) in [6, 6.07) is 1.44. The molecule has 78 valence electrons. The van der Waals surface area contributed by atoms with E-state index in [1.807, 2.05) is 0 Å². The second-order valence-corrected chi connectivity index (χ2v) is 4.35. The summed E-state index contributed by atoms with van der Waals surface area (Å²) in [6.45, 7) is 0.485. The number of aromatic carboxylic acids is 1. The second-order valence-electron chi connectivity index (χ2n) is 2.94. The number of thiazole rings is 1. The van der Waals surface area contributed by atoms with Gasteiger partial charge in [0.25, 0.3) is 0 Å². The second kappa shape index (κ2) is 4.04. The fourth-order valence-electron chi connectivity index (χ4n) is 1.27. The monoisotopic (exact) mass is 242 g/mol. The minimum absolute atomic E-state index is 0.188. The topological polar surface area (TPSA) is 55.1 Å². The largest absolute Gasteiger partial charge is 0.477 e. The molecule has 0 aliphatic heterocycles. The third kappa shape index (κ3) is 2.19. The van der Waals surface area contributed by atoms with Crippen LogP contribution in [-0.4, -0.2) is 20.6 Å². The summed E-state index contributed by atoms with van der Waals surface area (Å²) in [5.74, 6) is -0.980. The van der Waals surface area contributed by atoms with E-state index in [0.29, 0.717) is 11.6 Å². The molecule has 0 saturated carbocycles. The smallest absolute Gasteiger partial charge is 0.352 e. The van der Waals surface area contributed by atoms with E-state index in [4.69, 9.17) is 16.7 Å². The molecular weight excluding hydrogens is 236 g/mol. The molecule has 0 aromatic carbocycles. The fourth-order valence-corrected chi connectivity index (χ4v) is 2.09. The maximum Gasteiger partial charge on any atom is 0.352 e. The van der Waals surface area contributed by atoms with Gasteiger partial charge in [0.2, 0.25) is 0 Å². The van der Waals surface area contributed by atoms with Crippen LogP contribution in [0.2, 0.25) is 5.02 Å². The maximum absolute atomic E-state index is 10.9. The number of nitrogens with zero attached hydrogens (tertiary/aromatic N) is 2. The first kappa shape index (κ1) is 10.2. The molecule has 0 bridgehead atoms. The van der Waals surface area contributed by atoms with Gasteiger partial charge in [-0.1, -0.05) is 11.6 Å². The number of carbonyl (C=O) groups is 1. The molecule has 0 fully saturated rings. The Balaban J connectivity index is 2.31. The van der Waals surface area contributed by atoms with Crippen LogP contribution in [0.4, 0.5) is 0 Å². The van der Waals surface area contributed by atoms with Crippen LogP contribution < -0.4 is 0 Å². The molecule has 0 aliphatic rings. The summed E-state index contributed by atoms with van der Waals surface area (Å²) in [6.07, 6.45) is 3.31. The predicted molar refractivity (Wildman–Crippen MR) is 57.6 cm³/mol. The molecule has 4 nitrogen and oxygen atoms in total. The lowest BCUT2D eigenvalue weighted by Gasteiger charge is -2.02. The molecule has 2 aromatic heterocycles. The van der Waals surface area contributed by atoms with Crippen molar-refractivity contribution in [3.05, 3.63) is 39.6 Å². The lowest BCUT2D eigenvalue weighted by Crippen LogP contribution is -2.07. The van der Waals surface area contributed by atoms with Crippen LogP contribution in [0.5, 0.6) is 0 Å². The van der Waals surface area contributed by atoms with E-state index in [9.17, 15) is 4.79 Å². The molecule has 2 rings (SSSR count). The number of aromatic nitrogens is 2. The van der Waals surface area contributed by atoms with E-state index in [1.54, 1.807) is 22.5 Å². The fraction of sp³-hybridized carbons (Fsp3) is 0.111. The summed E-state index contributed by atoms with van der Waals surface area (Å²) in [7, 11) is 0. The van der Waals surface area contributed by atoms with E-state index in [1.165, 1.54) is 17.4 Å². The zero-order chi connectivity index (χ0) is 10.8. The Morgan fingerprint density at radius 2 is 2.47 bits per heavy atom. The molecule has 1 N–H and O–H groups in total. The number of hydrogen-bond acceptors (Lipinski definition) is 3. The molecule has 0 aliphatic carbocycles. The van der Waals surface area contributed by atoms with Gasteiger partial charge in [0, 0.05) is 17.3 Å². The Labute approximate surface area is 94.8 Å². The highest BCUT2D eigenvalue weighted by Crippen LogP contribution is 2.17. The van der Waals surface area contributed by atoms with Crippen LogP contribution in [0.3, 0.4) is 0 Å². The van der Waals surface area contributed by atoms with Crippen molar-refractivity contribution in [3.63, 3.8) is 0 Å². The van der Waals surface area contributed by atoms with Gasteiger partial charge in [0.05, 0.1) is 17.1 Å². The SMILES string of the molecule is O=C(O)c1cc(Cl)cn1Cc1cncs1. The average molecular weight is 243 g/mol. The first-order valence-corrected chi connectivity index (χ1v) is 5.39. The Morgan fingerprint density at radius 1 is 1.67 bits per heavy atom. The van der Waals surface area contributed by atoms with E-state index >= 15 is 0 Å². The summed E-state index contributed by atoms with van der Waals surface area (Å²) in [4.78, 5) is 15.8. The van der Waals surface area contributed by atoms with E-state index in [2.05, 4.69) is 4.98 Å². The Morgan fingerprint density at radius 3 is 3.07 bits per heavy atom. The van der Waals surface area contributed by atoms with E-state index in [-0.39, 0.29) is 5.69 Å². The van der Waals surface area contributed by atoms with Crippen LogP contribution in [0.15, 0.2) is 24.0 Å². The Kier molecular flexibility index (Phi) is 2.75. The van der Waals surface area contributed by atoms with Crippen LogP contribution in [0, 0.1) is 0 Å². The first-order valence-electron chi connectivity index (χ1n) is 4.13. The summed E-state index contributed by atoms with van der Waals surface area (Å²) in [5.41, 5.74) is 1.90. The van der Waals surface area contributed by atoms with Crippen molar-refractivity contribution in [3.8, 4) is 0 Å². The van der Waals surface area contributed by atoms with Gasteiger partial charge < -0.3 is 9.67 Å². The van der Waals surface area contributed by atoms with Gasteiger partial charge in [-0.2, -0.15) is 0 Å².